The summed E-state index contributed by atoms with van der Waals surface area (Å²) < 4.78 is 25.0. The highest BCUT2D eigenvalue weighted by molar-refractivity contribution is 9.11. The van der Waals surface area contributed by atoms with E-state index in [4.69, 9.17) is 5.26 Å². The smallest absolute Gasteiger partial charge is 0.204 e. The van der Waals surface area contributed by atoms with E-state index in [1.807, 2.05) is 6.07 Å². The molecule has 0 fully saturated rings. The first-order valence-electron chi connectivity index (χ1n) is 4.28. The van der Waals surface area contributed by atoms with Gasteiger partial charge in [0.25, 0.3) is 0 Å². The van der Waals surface area contributed by atoms with Crippen molar-refractivity contribution in [2.24, 2.45) is 5.92 Å². The molecule has 0 aliphatic carbocycles. The minimum Gasteiger partial charge on any atom is -0.221 e. The first kappa shape index (κ1) is 12.7. The van der Waals surface area contributed by atoms with Gasteiger partial charge in [-0.25, -0.2) is 8.42 Å². The van der Waals surface area contributed by atoms with Gasteiger partial charge in [-0.2, -0.15) is 5.26 Å². The molecule has 6 heteroatoms. The third-order valence-electron chi connectivity index (χ3n) is 1.90. The minimum absolute atomic E-state index is 0.208. The van der Waals surface area contributed by atoms with Crippen LogP contribution < -0.4 is 0 Å². The molecule has 0 aliphatic heterocycles. The molecule has 1 rings (SSSR count). The molecule has 0 radical (unpaired) electrons. The number of rotatable bonds is 3. The van der Waals surface area contributed by atoms with Crippen molar-refractivity contribution < 1.29 is 8.42 Å². The Morgan fingerprint density at radius 3 is 2.40 bits per heavy atom. The normalized spacial score (nSPS) is 13.8. The number of nitriles is 1. The van der Waals surface area contributed by atoms with Gasteiger partial charge in [-0.3, -0.25) is 0 Å². The molecule has 1 unspecified atom stereocenters. The molecule has 0 N–H and O–H groups in total. The zero-order valence-corrected chi connectivity index (χ0v) is 11.5. The van der Waals surface area contributed by atoms with Crippen LogP contribution in [0.2, 0.25) is 0 Å². The van der Waals surface area contributed by atoms with Crippen LogP contribution in [-0.4, -0.2) is 13.7 Å². The van der Waals surface area contributed by atoms with Crippen molar-refractivity contribution in [3.63, 3.8) is 0 Å². The maximum atomic E-state index is 12.0. The molecule has 0 saturated heterocycles. The van der Waals surface area contributed by atoms with E-state index in [0.29, 0.717) is 0 Å². The molecule has 1 atom stereocenters. The molecule has 0 amide bonds. The van der Waals surface area contributed by atoms with Crippen LogP contribution in [-0.2, 0) is 9.84 Å². The topological polar surface area (TPSA) is 57.9 Å². The monoisotopic (exact) mass is 307 g/mol. The number of sulfone groups is 1. The van der Waals surface area contributed by atoms with Crippen molar-refractivity contribution in [3.8, 4) is 6.07 Å². The van der Waals surface area contributed by atoms with Crippen LogP contribution in [0.5, 0.6) is 0 Å². The van der Waals surface area contributed by atoms with Crippen molar-refractivity contribution in [3.05, 3.63) is 15.9 Å². The Bertz CT molecular complexity index is 484. The second kappa shape index (κ2) is 4.64. The summed E-state index contributed by atoms with van der Waals surface area (Å²) in [6.07, 6.45) is 0. The number of thiophene rings is 1. The Labute approximate surface area is 102 Å². The summed E-state index contributed by atoms with van der Waals surface area (Å²) in [7, 11) is -3.50. The summed E-state index contributed by atoms with van der Waals surface area (Å²) in [6.45, 7) is 3.46. The van der Waals surface area contributed by atoms with Crippen molar-refractivity contribution in [1.29, 1.82) is 5.26 Å². The summed E-state index contributed by atoms with van der Waals surface area (Å²) >= 11 is 4.34. The first-order chi connectivity index (χ1) is 6.89. The zero-order valence-electron chi connectivity index (χ0n) is 8.27. The van der Waals surface area contributed by atoms with Crippen molar-refractivity contribution in [1.82, 2.24) is 0 Å². The lowest BCUT2D eigenvalue weighted by Gasteiger charge is -2.12. The molecule has 0 spiro atoms. The third-order valence-corrected chi connectivity index (χ3v) is 6.28. The van der Waals surface area contributed by atoms with Crippen LogP contribution in [0, 0.1) is 17.2 Å². The van der Waals surface area contributed by atoms with E-state index in [1.165, 1.54) is 6.07 Å². The van der Waals surface area contributed by atoms with Crippen molar-refractivity contribution in [2.75, 3.05) is 0 Å². The van der Waals surface area contributed by atoms with Gasteiger partial charge in [0.2, 0.25) is 9.84 Å². The van der Waals surface area contributed by atoms with Crippen LogP contribution >= 0.6 is 27.3 Å². The van der Waals surface area contributed by atoms with E-state index >= 15 is 0 Å². The van der Waals surface area contributed by atoms with Gasteiger partial charge in [0.05, 0.1) is 9.86 Å². The van der Waals surface area contributed by atoms with E-state index in [2.05, 4.69) is 15.9 Å². The highest BCUT2D eigenvalue weighted by atomic mass is 79.9. The maximum absolute atomic E-state index is 12.0. The Morgan fingerprint density at radius 2 is 2.07 bits per heavy atom. The highest BCUT2D eigenvalue weighted by Crippen LogP contribution is 2.30. The maximum Gasteiger partial charge on any atom is 0.204 e. The molecule has 0 aliphatic rings. The summed E-state index contributed by atoms with van der Waals surface area (Å²) in [5.41, 5.74) is 0. The lowest BCUT2D eigenvalue weighted by Crippen LogP contribution is -2.24. The molecule has 3 nitrogen and oxygen atoms in total. The average molecular weight is 308 g/mol. The van der Waals surface area contributed by atoms with Crippen LogP contribution in [0.3, 0.4) is 0 Å². The Balaban J connectivity index is 3.19. The molecule has 0 aromatic carbocycles. The fourth-order valence-electron chi connectivity index (χ4n) is 1.15. The number of nitrogens with zero attached hydrogens (tertiary/aromatic N) is 1. The zero-order chi connectivity index (χ0) is 11.6. The summed E-state index contributed by atoms with van der Waals surface area (Å²) in [5, 5.41) is 7.89. The fourth-order valence-corrected chi connectivity index (χ4v) is 5.00. The van der Waals surface area contributed by atoms with Gasteiger partial charge in [-0.15, -0.1) is 11.3 Å². The number of hydrogen-bond acceptors (Lipinski definition) is 4. The second-order valence-corrected chi connectivity index (χ2v) is 8.16. The lowest BCUT2D eigenvalue weighted by molar-refractivity contribution is 0.565. The van der Waals surface area contributed by atoms with Gasteiger partial charge in [0.15, 0.2) is 5.25 Å². The molecular formula is C9H10BrNO2S2. The van der Waals surface area contributed by atoms with Gasteiger partial charge in [0.1, 0.15) is 4.21 Å². The van der Waals surface area contributed by atoms with Crippen LogP contribution in [0.1, 0.15) is 13.8 Å². The van der Waals surface area contributed by atoms with Crippen molar-refractivity contribution in [2.45, 2.75) is 23.3 Å². The quantitative estimate of drug-likeness (QED) is 0.862. The number of hydrogen-bond donors (Lipinski definition) is 0. The van der Waals surface area contributed by atoms with Gasteiger partial charge >= 0.3 is 0 Å². The SMILES string of the molecule is CC(C)C(C#N)S(=O)(=O)c1ccc(Br)s1. The Hall–Kier alpha value is -0.380. The summed E-state index contributed by atoms with van der Waals surface area (Å²) in [6, 6.07) is 5.05. The average Bonchev–Trinajstić information content (AvgIpc) is 2.52. The van der Waals surface area contributed by atoms with E-state index in [0.717, 1.165) is 15.1 Å². The molecular weight excluding hydrogens is 298 g/mol. The molecule has 1 aromatic rings. The largest absolute Gasteiger partial charge is 0.221 e. The molecule has 1 aromatic heterocycles. The minimum atomic E-state index is -3.50. The predicted octanol–water partition coefficient (Wildman–Crippen LogP) is 2.83. The van der Waals surface area contributed by atoms with Gasteiger partial charge in [-0.1, -0.05) is 13.8 Å². The lowest BCUT2D eigenvalue weighted by atomic mass is 10.1. The summed E-state index contributed by atoms with van der Waals surface area (Å²) in [4.78, 5) is 0. The van der Waals surface area contributed by atoms with Gasteiger partial charge in [-0.05, 0) is 34.0 Å². The van der Waals surface area contributed by atoms with Crippen LogP contribution in [0.25, 0.3) is 0 Å². The predicted molar refractivity (Wildman–Crippen MR) is 63.4 cm³/mol. The fraction of sp³-hybridized carbons (Fsp3) is 0.444. The number of halogens is 1. The van der Waals surface area contributed by atoms with E-state index in [9.17, 15) is 8.42 Å². The standard InChI is InChI=1S/C9H10BrNO2S2/c1-6(2)7(5-11)15(12,13)9-4-3-8(10)14-9/h3-4,6-7H,1-2H3. The second-order valence-electron chi connectivity index (χ2n) is 3.40. The van der Waals surface area contributed by atoms with Crippen LogP contribution in [0.15, 0.2) is 20.1 Å². The molecule has 15 heavy (non-hydrogen) atoms. The first-order valence-corrected chi connectivity index (χ1v) is 7.44. The third kappa shape index (κ3) is 2.60. The van der Waals surface area contributed by atoms with Crippen molar-refractivity contribution >= 4 is 37.1 Å². The van der Waals surface area contributed by atoms with Crippen LogP contribution in [0.4, 0.5) is 0 Å². The molecule has 1 heterocycles. The summed E-state index contributed by atoms with van der Waals surface area (Å²) in [5.74, 6) is -0.208. The Morgan fingerprint density at radius 1 is 1.47 bits per heavy atom. The highest BCUT2D eigenvalue weighted by Gasteiger charge is 2.31. The molecule has 0 bridgehead atoms. The van der Waals surface area contributed by atoms with E-state index in [-0.39, 0.29) is 10.1 Å². The van der Waals surface area contributed by atoms with E-state index < -0.39 is 15.1 Å². The van der Waals surface area contributed by atoms with Gasteiger partial charge in [0, 0.05) is 0 Å². The Kier molecular flexibility index (Phi) is 3.93. The molecule has 0 saturated carbocycles. The van der Waals surface area contributed by atoms with Gasteiger partial charge < -0.3 is 0 Å². The molecule has 82 valence electrons. The van der Waals surface area contributed by atoms with E-state index in [1.54, 1.807) is 19.9 Å².